The Morgan fingerprint density at radius 1 is 0.949 bits per heavy atom. The molecular formula is C30H51N3O6. The summed E-state index contributed by atoms with van der Waals surface area (Å²) in [5, 5.41) is 36.1. The number of amides is 3. The summed E-state index contributed by atoms with van der Waals surface area (Å²) in [7, 11) is 0. The van der Waals surface area contributed by atoms with E-state index in [9.17, 15) is 29.7 Å². The lowest BCUT2D eigenvalue weighted by molar-refractivity contribution is -0.172. The maximum absolute atomic E-state index is 12.7. The molecule has 0 heterocycles. The van der Waals surface area contributed by atoms with Crippen LogP contribution in [0.15, 0.2) is 0 Å². The maximum Gasteiger partial charge on any atom is 0.326 e. The summed E-state index contributed by atoms with van der Waals surface area (Å²) in [6.07, 6.45) is 9.19. The van der Waals surface area contributed by atoms with E-state index in [2.05, 4.69) is 31.4 Å². The fourth-order valence-electron chi connectivity index (χ4n) is 9.86. The summed E-state index contributed by atoms with van der Waals surface area (Å²) in [6, 6.07) is -1.63. The highest BCUT2D eigenvalue weighted by molar-refractivity contribution is 5.83. The van der Waals surface area contributed by atoms with Gasteiger partial charge in [-0.2, -0.15) is 0 Å². The zero-order valence-corrected chi connectivity index (χ0v) is 24.0. The average Bonchev–Trinajstić information content (AvgIpc) is 3.22. The van der Waals surface area contributed by atoms with Gasteiger partial charge in [0.1, 0.15) is 6.04 Å². The molecule has 0 aromatic carbocycles. The minimum absolute atomic E-state index is 0.112. The number of carboxylic acid groups (broad SMARTS) is 1. The van der Waals surface area contributed by atoms with Gasteiger partial charge in [-0.05, 0) is 117 Å². The van der Waals surface area contributed by atoms with Gasteiger partial charge < -0.3 is 31.7 Å². The monoisotopic (exact) mass is 549 g/mol. The number of nitrogens with two attached hydrogens (primary N) is 1. The molecule has 11 unspecified atom stereocenters. The number of fused-ring (bicyclic) bond motifs is 5. The standard InChI is InChI=1S/C30H51N3O6/c1-17(6-9-26(36)33-24(27(37)38)5-4-14-32-28(31)39)20-7-8-21-19-16-25(35)23-15-18(34)10-12-30(23,3)22(19)11-13-29(20,21)2/h17-25,34-35H,4-16H2,1-3H3,(H,33,36)(H,37,38)(H3,31,32,39). The van der Waals surface area contributed by atoms with Crippen LogP contribution in [-0.4, -0.2) is 58.0 Å². The number of nitrogens with one attached hydrogen (secondary N) is 2. The van der Waals surface area contributed by atoms with Gasteiger partial charge in [0, 0.05) is 13.0 Å². The molecule has 4 saturated carbocycles. The van der Waals surface area contributed by atoms with Crippen LogP contribution in [0.1, 0.15) is 97.8 Å². The van der Waals surface area contributed by atoms with E-state index in [1.807, 2.05) is 0 Å². The highest BCUT2D eigenvalue weighted by Crippen LogP contribution is 2.68. The molecule has 0 spiro atoms. The number of carbonyl (C=O) groups is 3. The van der Waals surface area contributed by atoms with Gasteiger partial charge in [-0.3, -0.25) is 4.79 Å². The van der Waals surface area contributed by atoms with Crippen LogP contribution in [0.3, 0.4) is 0 Å². The van der Waals surface area contributed by atoms with E-state index in [4.69, 9.17) is 5.73 Å². The van der Waals surface area contributed by atoms with Gasteiger partial charge in [0.25, 0.3) is 0 Å². The molecule has 0 saturated heterocycles. The van der Waals surface area contributed by atoms with Crippen LogP contribution in [0.4, 0.5) is 4.79 Å². The third-order valence-electron chi connectivity index (χ3n) is 11.8. The second kappa shape index (κ2) is 11.9. The zero-order chi connectivity index (χ0) is 28.5. The number of primary amides is 1. The van der Waals surface area contributed by atoms with Crippen molar-refractivity contribution in [3.63, 3.8) is 0 Å². The number of aliphatic hydroxyl groups is 2. The average molecular weight is 550 g/mol. The first kappa shape index (κ1) is 30.1. The van der Waals surface area contributed by atoms with Crippen molar-refractivity contribution in [2.75, 3.05) is 6.54 Å². The quantitative estimate of drug-likeness (QED) is 0.229. The summed E-state index contributed by atoms with van der Waals surface area (Å²) in [5.74, 6) is 1.48. The molecule has 222 valence electrons. The molecule has 0 aliphatic heterocycles. The summed E-state index contributed by atoms with van der Waals surface area (Å²) in [5.41, 5.74) is 5.35. The minimum Gasteiger partial charge on any atom is -0.480 e. The largest absolute Gasteiger partial charge is 0.480 e. The van der Waals surface area contributed by atoms with Crippen molar-refractivity contribution in [2.24, 2.45) is 52.1 Å². The highest BCUT2D eigenvalue weighted by atomic mass is 16.4. The number of carboxylic acids is 1. The number of carbonyl (C=O) groups excluding carboxylic acids is 2. The maximum atomic E-state index is 12.7. The van der Waals surface area contributed by atoms with Gasteiger partial charge >= 0.3 is 12.0 Å². The molecule has 0 bridgehead atoms. The van der Waals surface area contributed by atoms with Crippen LogP contribution in [0, 0.1) is 46.3 Å². The molecule has 9 heteroatoms. The summed E-state index contributed by atoms with van der Waals surface area (Å²) in [4.78, 5) is 35.1. The van der Waals surface area contributed by atoms with Gasteiger partial charge in [-0.15, -0.1) is 0 Å². The van der Waals surface area contributed by atoms with Gasteiger partial charge in [0.2, 0.25) is 5.91 Å². The van der Waals surface area contributed by atoms with Crippen LogP contribution >= 0.6 is 0 Å². The lowest BCUT2D eigenvalue weighted by Crippen LogP contribution is -2.58. The van der Waals surface area contributed by atoms with Crippen LogP contribution in [-0.2, 0) is 9.59 Å². The Morgan fingerprint density at radius 3 is 2.33 bits per heavy atom. The Bertz CT molecular complexity index is 915. The molecular weight excluding hydrogens is 498 g/mol. The van der Waals surface area contributed by atoms with Crippen molar-refractivity contribution in [3.05, 3.63) is 0 Å². The van der Waals surface area contributed by atoms with Crippen molar-refractivity contribution in [2.45, 2.75) is 116 Å². The molecule has 7 N–H and O–H groups in total. The topological polar surface area (TPSA) is 162 Å². The molecule has 0 aromatic rings. The molecule has 4 fully saturated rings. The number of hydrogen-bond acceptors (Lipinski definition) is 5. The highest BCUT2D eigenvalue weighted by Gasteiger charge is 2.62. The number of aliphatic carboxylic acids is 1. The third-order valence-corrected chi connectivity index (χ3v) is 11.8. The normalized spacial score (nSPS) is 40.9. The Labute approximate surface area is 233 Å². The second-order valence-electron chi connectivity index (χ2n) is 13.9. The predicted octanol–water partition coefficient (Wildman–Crippen LogP) is 3.41. The molecule has 3 amide bonds. The number of rotatable bonds is 10. The molecule has 0 radical (unpaired) electrons. The molecule has 39 heavy (non-hydrogen) atoms. The minimum atomic E-state index is -1.07. The number of urea groups is 1. The van der Waals surface area contributed by atoms with Crippen molar-refractivity contribution < 1.29 is 29.7 Å². The Kier molecular flexibility index (Phi) is 9.21. The van der Waals surface area contributed by atoms with Crippen molar-refractivity contribution in [1.29, 1.82) is 0 Å². The summed E-state index contributed by atoms with van der Waals surface area (Å²) in [6.45, 7) is 7.36. The molecule has 4 rings (SSSR count). The molecule has 4 aliphatic carbocycles. The van der Waals surface area contributed by atoms with E-state index in [0.29, 0.717) is 42.4 Å². The number of aliphatic hydroxyl groups excluding tert-OH is 2. The molecule has 11 atom stereocenters. The first-order valence-corrected chi connectivity index (χ1v) is 15.3. The summed E-state index contributed by atoms with van der Waals surface area (Å²) < 4.78 is 0. The lowest BCUT2D eigenvalue weighted by Gasteiger charge is -2.62. The molecule has 9 nitrogen and oxygen atoms in total. The Balaban J connectivity index is 1.33. The van der Waals surface area contributed by atoms with Crippen molar-refractivity contribution in [1.82, 2.24) is 10.6 Å². The van der Waals surface area contributed by atoms with E-state index >= 15 is 0 Å². The second-order valence-corrected chi connectivity index (χ2v) is 13.9. The summed E-state index contributed by atoms with van der Waals surface area (Å²) >= 11 is 0. The molecule has 0 aromatic heterocycles. The van der Waals surface area contributed by atoms with E-state index in [1.54, 1.807) is 0 Å². The van der Waals surface area contributed by atoms with Crippen LogP contribution in [0.25, 0.3) is 0 Å². The van der Waals surface area contributed by atoms with Crippen LogP contribution < -0.4 is 16.4 Å². The lowest BCUT2D eigenvalue weighted by atomic mass is 9.44. The smallest absolute Gasteiger partial charge is 0.326 e. The van der Waals surface area contributed by atoms with Crippen LogP contribution in [0.5, 0.6) is 0 Å². The molecule has 4 aliphatic rings. The third kappa shape index (κ3) is 6.09. The SMILES string of the molecule is CC(CCC(=O)NC(CCCNC(N)=O)C(=O)O)C1CCC2C3CC(O)C4CC(O)CCC4(C)C3CCC12C. The van der Waals surface area contributed by atoms with E-state index in [0.717, 1.165) is 38.5 Å². The van der Waals surface area contributed by atoms with E-state index < -0.39 is 18.0 Å². The van der Waals surface area contributed by atoms with Crippen LogP contribution in [0.2, 0.25) is 0 Å². The Hall–Kier alpha value is -1.87. The Morgan fingerprint density at radius 2 is 1.64 bits per heavy atom. The fraction of sp³-hybridized carbons (Fsp3) is 0.900. The predicted molar refractivity (Wildman–Crippen MR) is 147 cm³/mol. The number of hydrogen-bond donors (Lipinski definition) is 6. The first-order chi connectivity index (χ1) is 18.4. The van der Waals surface area contributed by atoms with Gasteiger partial charge in [0.05, 0.1) is 12.2 Å². The van der Waals surface area contributed by atoms with Gasteiger partial charge in [0.15, 0.2) is 0 Å². The van der Waals surface area contributed by atoms with E-state index in [1.165, 1.54) is 19.3 Å². The van der Waals surface area contributed by atoms with Gasteiger partial charge in [-0.1, -0.05) is 20.8 Å². The van der Waals surface area contributed by atoms with Gasteiger partial charge in [-0.25, -0.2) is 9.59 Å². The first-order valence-electron chi connectivity index (χ1n) is 15.3. The fourth-order valence-corrected chi connectivity index (χ4v) is 9.86. The van der Waals surface area contributed by atoms with Crippen molar-refractivity contribution in [3.8, 4) is 0 Å². The zero-order valence-electron chi connectivity index (χ0n) is 24.0. The van der Waals surface area contributed by atoms with E-state index in [-0.39, 0.29) is 47.8 Å². The van der Waals surface area contributed by atoms with Crippen molar-refractivity contribution >= 4 is 17.9 Å².